The highest BCUT2D eigenvalue weighted by molar-refractivity contribution is 14.0. The van der Waals surface area contributed by atoms with Crippen LogP contribution in [0.15, 0.2) is 35.3 Å². The van der Waals surface area contributed by atoms with E-state index < -0.39 is 0 Å². The molecule has 0 unspecified atom stereocenters. The van der Waals surface area contributed by atoms with Crippen LogP contribution in [0, 0.1) is 5.92 Å². The maximum absolute atomic E-state index is 12.7. The van der Waals surface area contributed by atoms with Crippen LogP contribution in [-0.4, -0.2) is 79.4 Å². The number of halogens is 1. The van der Waals surface area contributed by atoms with Gasteiger partial charge < -0.3 is 21.3 Å². The van der Waals surface area contributed by atoms with Crippen LogP contribution in [0.3, 0.4) is 0 Å². The number of hydrogen-bond acceptors (Lipinski definition) is 4. The van der Waals surface area contributed by atoms with Gasteiger partial charge in [0.25, 0.3) is 0 Å². The minimum Gasteiger partial charge on any atom is -0.369 e. The number of benzene rings is 1. The largest absolute Gasteiger partial charge is 0.369 e. The minimum absolute atomic E-state index is 0. The summed E-state index contributed by atoms with van der Waals surface area (Å²) in [5, 5.41) is 6.70. The first kappa shape index (κ1) is 27.4. The smallest absolute Gasteiger partial charge is 0.244 e. The number of amides is 2. The van der Waals surface area contributed by atoms with Crippen molar-refractivity contribution in [1.82, 2.24) is 20.4 Å². The third kappa shape index (κ3) is 9.48. The Balaban J connectivity index is 0.00000385. The number of likely N-dealkylation sites (tertiary alicyclic amines) is 2. The third-order valence-electron chi connectivity index (χ3n) is 6.36. The van der Waals surface area contributed by atoms with Gasteiger partial charge in [-0.25, -0.2) is 4.99 Å². The highest BCUT2D eigenvalue weighted by Gasteiger charge is 2.24. The molecule has 1 aromatic rings. The first-order chi connectivity index (χ1) is 15.5. The van der Waals surface area contributed by atoms with E-state index in [2.05, 4.69) is 50.9 Å². The predicted molar refractivity (Wildman–Crippen MR) is 143 cm³/mol. The second-order valence-corrected chi connectivity index (χ2v) is 8.87. The molecule has 2 fully saturated rings. The van der Waals surface area contributed by atoms with Crippen molar-refractivity contribution in [2.45, 2.75) is 45.1 Å². The van der Waals surface area contributed by atoms with E-state index in [1.165, 1.54) is 5.56 Å². The van der Waals surface area contributed by atoms with Crippen molar-refractivity contribution in [3.63, 3.8) is 0 Å². The molecular formula is C24H39IN6O2. The fraction of sp³-hybridized carbons (Fsp3) is 0.625. The van der Waals surface area contributed by atoms with E-state index in [4.69, 9.17) is 5.73 Å². The Hall–Kier alpha value is -1.88. The van der Waals surface area contributed by atoms with Gasteiger partial charge in [0.1, 0.15) is 6.54 Å². The molecule has 4 N–H and O–H groups in total. The summed E-state index contributed by atoms with van der Waals surface area (Å²) < 4.78 is 0. The summed E-state index contributed by atoms with van der Waals surface area (Å²) in [6.45, 7) is 6.53. The Bertz CT molecular complexity index is 759. The van der Waals surface area contributed by atoms with Crippen LogP contribution < -0.4 is 16.4 Å². The standard InChI is InChI=1S/C24H38N6O2.HI/c1-2-26-24(28-21-10-12-29(13-11-21)18-22(25)31)27-17-23(32)30-14-8-20(9-15-30)16-19-6-4-3-5-7-19;/h3-7,20-21H,2,8-18H2,1H3,(H2,25,31)(H2,26,27,28);1H. The molecule has 33 heavy (non-hydrogen) atoms. The lowest BCUT2D eigenvalue weighted by Crippen LogP contribution is -2.50. The van der Waals surface area contributed by atoms with Gasteiger partial charge in [-0.3, -0.25) is 14.5 Å². The van der Waals surface area contributed by atoms with E-state index in [0.29, 0.717) is 18.4 Å². The SMILES string of the molecule is CCNC(=NCC(=O)N1CCC(Cc2ccccc2)CC1)NC1CCN(CC(N)=O)CC1.I. The summed E-state index contributed by atoms with van der Waals surface area (Å²) in [4.78, 5) is 32.4. The predicted octanol–water partition coefficient (Wildman–Crippen LogP) is 1.59. The molecule has 1 aromatic carbocycles. The van der Waals surface area contributed by atoms with Gasteiger partial charge in [0, 0.05) is 38.8 Å². The van der Waals surface area contributed by atoms with Crippen molar-refractivity contribution in [3.05, 3.63) is 35.9 Å². The molecular weight excluding hydrogens is 531 g/mol. The van der Waals surface area contributed by atoms with Crippen LogP contribution in [0.5, 0.6) is 0 Å². The summed E-state index contributed by atoms with van der Waals surface area (Å²) in [6.07, 6.45) is 5.02. The molecule has 8 nitrogen and oxygen atoms in total. The van der Waals surface area contributed by atoms with Crippen molar-refractivity contribution >= 4 is 41.8 Å². The Morgan fingerprint density at radius 1 is 1.06 bits per heavy atom. The van der Waals surface area contributed by atoms with Gasteiger partial charge in [-0.1, -0.05) is 30.3 Å². The molecule has 0 saturated carbocycles. The van der Waals surface area contributed by atoms with E-state index in [9.17, 15) is 9.59 Å². The summed E-state index contributed by atoms with van der Waals surface area (Å²) >= 11 is 0. The number of carbonyl (C=O) groups excluding carboxylic acids is 2. The lowest BCUT2D eigenvalue weighted by molar-refractivity contribution is -0.131. The first-order valence-corrected chi connectivity index (χ1v) is 11.9. The first-order valence-electron chi connectivity index (χ1n) is 11.9. The van der Waals surface area contributed by atoms with Crippen LogP contribution in [0.1, 0.15) is 38.2 Å². The van der Waals surface area contributed by atoms with Gasteiger partial charge in [-0.2, -0.15) is 0 Å². The topological polar surface area (TPSA) is 103 Å². The summed E-state index contributed by atoms with van der Waals surface area (Å²) in [6, 6.07) is 10.9. The van der Waals surface area contributed by atoms with Gasteiger partial charge in [0.2, 0.25) is 11.8 Å². The lowest BCUT2D eigenvalue weighted by Gasteiger charge is -2.33. The van der Waals surface area contributed by atoms with Gasteiger partial charge in [-0.05, 0) is 50.5 Å². The van der Waals surface area contributed by atoms with E-state index >= 15 is 0 Å². The van der Waals surface area contributed by atoms with Crippen LogP contribution in [0.25, 0.3) is 0 Å². The molecule has 184 valence electrons. The summed E-state index contributed by atoms with van der Waals surface area (Å²) in [5.74, 6) is 1.14. The number of carbonyl (C=O) groups is 2. The second kappa shape index (κ2) is 14.4. The fourth-order valence-electron chi connectivity index (χ4n) is 4.55. The minimum atomic E-state index is -0.283. The van der Waals surface area contributed by atoms with E-state index in [0.717, 1.165) is 64.8 Å². The van der Waals surface area contributed by atoms with Gasteiger partial charge in [-0.15, -0.1) is 24.0 Å². The van der Waals surface area contributed by atoms with Crippen LogP contribution >= 0.6 is 24.0 Å². The van der Waals surface area contributed by atoms with E-state index in [1.54, 1.807) is 0 Å². The molecule has 2 amide bonds. The third-order valence-corrected chi connectivity index (χ3v) is 6.36. The molecule has 2 aliphatic heterocycles. The fourth-order valence-corrected chi connectivity index (χ4v) is 4.55. The number of nitrogens with one attached hydrogen (secondary N) is 2. The van der Waals surface area contributed by atoms with E-state index in [1.807, 2.05) is 11.8 Å². The van der Waals surface area contributed by atoms with Crippen LogP contribution in [-0.2, 0) is 16.0 Å². The molecule has 9 heteroatoms. The maximum Gasteiger partial charge on any atom is 0.244 e. The van der Waals surface area contributed by atoms with Gasteiger partial charge in [0.05, 0.1) is 6.54 Å². The molecule has 0 radical (unpaired) electrons. The molecule has 2 aliphatic rings. The molecule has 0 aromatic heterocycles. The molecule has 0 spiro atoms. The molecule has 2 heterocycles. The van der Waals surface area contributed by atoms with Crippen molar-refractivity contribution in [1.29, 1.82) is 0 Å². The number of piperidine rings is 2. The number of aliphatic imine (C=N–C) groups is 1. The average Bonchev–Trinajstić information content (AvgIpc) is 2.79. The van der Waals surface area contributed by atoms with Crippen molar-refractivity contribution in [2.24, 2.45) is 16.6 Å². The summed E-state index contributed by atoms with van der Waals surface area (Å²) in [5.41, 5.74) is 6.67. The number of primary amides is 1. The monoisotopic (exact) mass is 570 g/mol. The highest BCUT2D eigenvalue weighted by Crippen LogP contribution is 2.21. The Morgan fingerprint density at radius 2 is 1.73 bits per heavy atom. The number of guanidine groups is 1. The Morgan fingerprint density at radius 3 is 2.33 bits per heavy atom. The summed E-state index contributed by atoms with van der Waals surface area (Å²) in [7, 11) is 0. The molecule has 2 saturated heterocycles. The lowest BCUT2D eigenvalue weighted by atomic mass is 9.90. The van der Waals surface area contributed by atoms with Gasteiger partial charge >= 0.3 is 0 Å². The van der Waals surface area contributed by atoms with E-state index in [-0.39, 0.29) is 48.4 Å². The Labute approximate surface area is 214 Å². The Kier molecular flexibility index (Phi) is 11.9. The second-order valence-electron chi connectivity index (χ2n) is 8.87. The van der Waals surface area contributed by atoms with Crippen molar-refractivity contribution < 1.29 is 9.59 Å². The highest BCUT2D eigenvalue weighted by atomic mass is 127. The number of nitrogens with two attached hydrogens (primary N) is 1. The van der Waals surface area contributed by atoms with Gasteiger partial charge in [0.15, 0.2) is 5.96 Å². The normalized spacial score (nSPS) is 18.5. The van der Waals surface area contributed by atoms with Crippen LogP contribution in [0.2, 0.25) is 0 Å². The molecule has 0 atom stereocenters. The van der Waals surface area contributed by atoms with Crippen molar-refractivity contribution in [3.8, 4) is 0 Å². The molecule has 3 rings (SSSR count). The van der Waals surface area contributed by atoms with Crippen molar-refractivity contribution in [2.75, 3.05) is 45.8 Å². The number of nitrogens with zero attached hydrogens (tertiary/aromatic N) is 3. The zero-order valence-corrected chi connectivity index (χ0v) is 22.0. The average molecular weight is 571 g/mol. The molecule has 0 aliphatic carbocycles. The van der Waals surface area contributed by atoms with Crippen LogP contribution in [0.4, 0.5) is 0 Å². The molecule has 0 bridgehead atoms. The zero-order valence-electron chi connectivity index (χ0n) is 19.7. The quantitative estimate of drug-likeness (QED) is 0.250. The number of hydrogen-bond donors (Lipinski definition) is 3. The maximum atomic E-state index is 12.7. The zero-order chi connectivity index (χ0) is 22.8. The number of rotatable bonds is 8.